The summed E-state index contributed by atoms with van der Waals surface area (Å²) >= 11 is 1.67. The molecule has 3 rings (SSSR count). The molecule has 3 aromatic rings. The van der Waals surface area contributed by atoms with Crippen molar-refractivity contribution in [2.45, 2.75) is 19.9 Å². The average molecular weight is 270 g/mol. The van der Waals surface area contributed by atoms with Gasteiger partial charge in [0.1, 0.15) is 0 Å². The number of fused-ring (bicyclic) bond motifs is 1. The Morgan fingerprint density at radius 2 is 2.11 bits per heavy atom. The van der Waals surface area contributed by atoms with Crippen LogP contribution >= 0.6 is 11.3 Å². The molecule has 0 spiro atoms. The Morgan fingerprint density at radius 1 is 1.26 bits per heavy atom. The maximum absolute atomic E-state index is 5.87. The molecular formula is C14H14N4S. The predicted molar refractivity (Wildman–Crippen MR) is 78.0 cm³/mol. The Labute approximate surface area is 115 Å². The number of thiophene rings is 1. The minimum Gasteiger partial charge on any atom is -0.324 e. The molecule has 1 atom stereocenters. The van der Waals surface area contributed by atoms with E-state index in [1.807, 2.05) is 31.5 Å². The molecule has 0 unspecified atom stereocenters. The zero-order chi connectivity index (χ0) is 13.4. The van der Waals surface area contributed by atoms with E-state index in [-0.39, 0.29) is 6.04 Å². The van der Waals surface area contributed by atoms with E-state index >= 15 is 0 Å². The van der Waals surface area contributed by atoms with Crippen molar-refractivity contribution in [3.05, 3.63) is 41.2 Å². The molecule has 4 nitrogen and oxygen atoms in total. The Kier molecular flexibility index (Phi) is 3.00. The predicted octanol–water partition coefficient (Wildman–Crippen LogP) is 3.08. The molecule has 0 saturated carbocycles. The third-order valence-electron chi connectivity index (χ3n) is 3.07. The van der Waals surface area contributed by atoms with Crippen molar-refractivity contribution >= 4 is 21.6 Å². The van der Waals surface area contributed by atoms with Crippen LogP contribution in [0.3, 0.4) is 0 Å². The average Bonchev–Trinajstić information content (AvgIpc) is 2.85. The standard InChI is InChI=1S/C14H14N4S/c1-8(15)11-7-17-14(18-9(11)2)10-5-13-12(16-6-10)3-4-19-13/h3-8H,15H2,1-2H3/t8-/m1/s1. The van der Waals surface area contributed by atoms with Crippen LogP contribution in [-0.2, 0) is 0 Å². The highest BCUT2D eigenvalue weighted by Crippen LogP contribution is 2.24. The number of nitrogens with zero attached hydrogens (tertiary/aromatic N) is 3. The fourth-order valence-electron chi connectivity index (χ4n) is 2.03. The number of hydrogen-bond acceptors (Lipinski definition) is 5. The monoisotopic (exact) mass is 270 g/mol. The maximum atomic E-state index is 5.87. The maximum Gasteiger partial charge on any atom is 0.160 e. The van der Waals surface area contributed by atoms with E-state index in [2.05, 4.69) is 21.0 Å². The van der Waals surface area contributed by atoms with Crippen LogP contribution in [0.5, 0.6) is 0 Å². The Hall–Kier alpha value is -1.85. The van der Waals surface area contributed by atoms with Crippen LogP contribution < -0.4 is 5.73 Å². The van der Waals surface area contributed by atoms with Gasteiger partial charge < -0.3 is 5.73 Å². The van der Waals surface area contributed by atoms with Gasteiger partial charge in [-0.3, -0.25) is 4.98 Å². The first-order chi connectivity index (χ1) is 9.15. The van der Waals surface area contributed by atoms with Crippen molar-refractivity contribution in [3.63, 3.8) is 0 Å². The second-order valence-corrected chi connectivity index (χ2v) is 5.50. The number of nitrogens with two attached hydrogens (primary N) is 1. The molecule has 0 aliphatic carbocycles. The van der Waals surface area contributed by atoms with Gasteiger partial charge in [0.15, 0.2) is 5.82 Å². The van der Waals surface area contributed by atoms with E-state index in [0.29, 0.717) is 5.82 Å². The smallest absolute Gasteiger partial charge is 0.160 e. The normalized spacial score (nSPS) is 12.8. The lowest BCUT2D eigenvalue weighted by Crippen LogP contribution is -2.09. The molecule has 5 heteroatoms. The lowest BCUT2D eigenvalue weighted by atomic mass is 10.1. The molecule has 0 aromatic carbocycles. The zero-order valence-corrected chi connectivity index (χ0v) is 11.6. The van der Waals surface area contributed by atoms with Gasteiger partial charge in [-0.05, 0) is 31.4 Å². The van der Waals surface area contributed by atoms with Crippen molar-refractivity contribution < 1.29 is 0 Å². The van der Waals surface area contributed by atoms with Crippen LogP contribution in [0, 0.1) is 6.92 Å². The lowest BCUT2D eigenvalue weighted by Gasteiger charge is -2.09. The highest BCUT2D eigenvalue weighted by atomic mass is 32.1. The topological polar surface area (TPSA) is 64.7 Å². The quantitative estimate of drug-likeness (QED) is 0.777. The number of aromatic nitrogens is 3. The SMILES string of the molecule is Cc1nc(-c2cnc3ccsc3c2)ncc1[C@@H](C)N. The summed E-state index contributed by atoms with van der Waals surface area (Å²) in [7, 11) is 0. The molecule has 0 amide bonds. The van der Waals surface area contributed by atoms with Crippen molar-refractivity contribution in [1.82, 2.24) is 15.0 Å². The van der Waals surface area contributed by atoms with Crippen LogP contribution in [0.4, 0.5) is 0 Å². The fourth-order valence-corrected chi connectivity index (χ4v) is 2.81. The molecule has 19 heavy (non-hydrogen) atoms. The molecule has 0 aliphatic rings. The molecule has 96 valence electrons. The van der Waals surface area contributed by atoms with E-state index in [1.54, 1.807) is 17.5 Å². The molecule has 0 aliphatic heterocycles. The van der Waals surface area contributed by atoms with Crippen molar-refractivity contribution in [2.75, 3.05) is 0 Å². The van der Waals surface area contributed by atoms with Crippen LogP contribution in [0.25, 0.3) is 21.6 Å². The highest BCUT2D eigenvalue weighted by Gasteiger charge is 2.09. The summed E-state index contributed by atoms with van der Waals surface area (Å²) < 4.78 is 1.15. The molecule has 0 saturated heterocycles. The molecule has 3 aromatic heterocycles. The molecule has 0 bridgehead atoms. The summed E-state index contributed by atoms with van der Waals surface area (Å²) in [5.74, 6) is 0.699. The highest BCUT2D eigenvalue weighted by molar-refractivity contribution is 7.17. The van der Waals surface area contributed by atoms with Crippen LogP contribution in [0.2, 0.25) is 0 Å². The van der Waals surface area contributed by atoms with Crippen molar-refractivity contribution in [1.29, 1.82) is 0 Å². The number of aryl methyl sites for hydroxylation is 1. The minimum absolute atomic E-state index is 0.0491. The third-order valence-corrected chi connectivity index (χ3v) is 3.92. The fraction of sp³-hybridized carbons (Fsp3) is 0.214. The molecule has 3 heterocycles. The summed E-state index contributed by atoms with van der Waals surface area (Å²) in [4.78, 5) is 13.3. The van der Waals surface area contributed by atoms with Crippen LogP contribution in [0.1, 0.15) is 24.2 Å². The summed E-state index contributed by atoms with van der Waals surface area (Å²) in [5.41, 5.74) is 9.73. The van der Waals surface area contributed by atoms with E-state index in [9.17, 15) is 0 Å². The van der Waals surface area contributed by atoms with Crippen LogP contribution in [-0.4, -0.2) is 15.0 Å². The lowest BCUT2D eigenvalue weighted by molar-refractivity contribution is 0.790. The first kappa shape index (κ1) is 12.2. The van der Waals surface area contributed by atoms with Gasteiger partial charge in [0.2, 0.25) is 0 Å². The van der Waals surface area contributed by atoms with E-state index in [1.165, 1.54) is 0 Å². The number of pyridine rings is 1. The number of hydrogen-bond donors (Lipinski definition) is 1. The van der Waals surface area contributed by atoms with Gasteiger partial charge in [-0.25, -0.2) is 9.97 Å². The summed E-state index contributed by atoms with van der Waals surface area (Å²) in [6, 6.07) is 4.04. The van der Waals surface area contributed by atoms with Gasteiger partial charge in [-0.2, -0.15) is 0 Å². The van der Waals surface area contributed by atoms with Gasteiger partial charge in [0, 0.05) is 35.3 Å². The molecular weight excluding hydrogens is 256 g/mol. The summed E-state index contributed by atoms with van der Waals surface area (Å²) in [5, 5.41) is 2.03. The first-order valence-corrected chi connectivity index (χ1v) is 6.96. The molecule has 0 fully saturated rings. The zero-order valence-electron chi connectivity index (χ0n) is 10.8. The Bertz CT molecular complexity index is 733. The van der Waals surface area contributed by atoms with Gasteiger partial charge in [-0.1, -0.05) is 0 Å². The van der Waals surface area contributed by atoms with E-state index in [0.717, 1.165) is 27.0 Å². The van der Waals surface area contributed by atoms with Crippen molar-refractivity contribution in [3.8, 4) is 11.4 Å². The Morgan fingerprint density at radius 3 is 2.84 bits per heavy atom. The van der Waals surface area contributed by atoms with Crippen LogP contribution in [0.15, 0.2) is 29.9 Å². The molecule has 0 radical (unpaired) electrons. The molecule has 2 N–H and O–H groups in total. The summed E-state index contributed by atoms with van der Waals surface area (Å²) in [6.45, 7) is 3.89. The first-order valence-electron chi connectivity index (χ1n) is 6.08. The summed E-state index contributed by atoms with van der Waals surface area (Å²) in [6.07, 6.45) is 3.62. The van der Waals surface area contributed by atoms with E-state index in [4.69, 9.17) is 5.73 Å². The largest absolute Gasteiger partial charge is 0.324 e. The third kappa shape index (κ3) is 2.22. The van der Waals surface area contributed by atoms with E-state index < -0.39 is 0 Å². The second kappa shape index (κ2) is 4.68. The van der Waals surface area contributed by atoms with Gasteiger partial charge in [0.05, 0.1) is 10.2 Å². The second-order valence-electron chi connectivity index (χ2n) is 4.55. The Balaban J connectivity index is 2.08. The number of rotatable bonds is 2. The van der Waals surface area contributed by atoms with Gasteiger partial charge in [0.25, 0.3) is 0 Å². The van der Waals surface area contributed by atoms with Gasteiger partial charge >= 0.3 is 0 Å². The minimum atomic E-state index is -0.0491. The van der Waals surface area contributed by atoms with Gasteiger partial charge in [-0.15, -0.1) is 11.3 Å². The van der Waals surface area contributed by atoms with Crippen molar-refractivity contribution in [2.24, 2.45) is 5.73 Å².